The van der Waals surface area contributed by atoms with Crippen LogP contribution in [0.4, 0.5) is 0 Å². The molecule has 0 heterocycles. The van der Waals surface area contributed by atoms with E-state index in [1.807, 2.05) is 0 Å². The van der Waals surface area contributed by atoms with Gasteiger partial charge in [0, 0.05) is 6.07 Å². The third kappa shape index (κ3) is 5.01. The molecule has 0 radical (unpaired) electrons. The average Bonchev–Trinajstić information content (AvgIpc) is 2.22. The Morgan fingerprint density at radius 3 is 2.62 bits per heavy atom. The molecule has 0 atom stereocenters. The van der Waals surface area contributed by atoms with Crippen molar-refractivity contribution in [2.75, 3.05) is 6.61 Å². The van der Waals surface area contributed by atoms with Crippen LogP contribution in [0.5, 0.6) is 5.75 Å². The van der Waals surface area contributed by atoms with Gasteiger partial charge in [-0.1, -0.05) is 35.4 Å². The molecule has 88 valence electrons. The Hall–Kier alpha value is -0.510. The highest BCUT2D eigenvalue weighted by molar-refractivity contribution is 7.80. The van der Waals surface area contributed by atoms with Crippen LogP contribution >= 0.6 is 35.4 Å². The van der Waals surface area contributed by atoms with Crippen molar-refractivity contribution in [3.05, 3.63) is 28.2 Å². The van der Waals surface area contributed by atoms with E-state index in [0.29, 0.717) is 21.6 Å². The maximum absolute atomic E-state index is 5.85. The minimum absolute atomic E-state index is 0.502. The van der Waals surface area contributed by atoms with Gasteiger partial charge in [-0.3, -0.25) is 0 Å². The first-order valence-electron chi connectivity index (χ1n) is 4.96. The predicted octanol–water partition coefficient (Wildman–Crippen LogP) is 3.83. The van der Waals surface area contributed by atoms with Crippen molar-refractivity contribution in [3.63, 3.8) is 0 Å². The second-order valence-corrected chi connectivity index (χ2v) is 4.69. The molecule has 1 aromatic carbocycles. The fourth-order valence-corrected chi connectivity index (χ4v) is 1.59. The van der Waals surface area contributed by atoms with Crippen LogP contribution in [0.2, 0.25) is 10.0 Å². The summed E-state index contributed by atoms with van der Waals surface area (Å²) < 4.78 is 5.50. The molecule has 2 nitrogen and oxygen atoms in total. The maximum atomic E-state index is 5.85. The molecule has 0 bridgehead atoms. The standard InChI is InChI=1S/C11H13Cl2NOS/c12-9-5-4-8(7-10(9)13)15-6-2-1-3-11(14)16/h4-5,7H,1-3,6H2,(H2,14,16). The summed E-state index contributed by atoms with van der Waals surface area (Å²) in [5.41, 5.74) is 5.38. The van der Waals surface area contributed by atoms with Gasteiger partial charge in [0.05, 0.1) is 21.6 Å². The highest BCUT2D eigenvalue weighted by atomic mass is 35.5. The van der Waals surface area contributed by atoms with Gasteiger partial charge in [-0.15, -0.1) is 0 Å². The van der Waals surface area contributed by atoms with Crippen molar-refractivity contribution in [1.29, 1.82) is 0 Å². The van der Waals surface area contributed by atoms with Gasteiger partial charge in [0.15, 0.2) is 0 Å². The molecular formula is C11H13Cl2NOS. The van der Waals surface area contributed by atoms with Gasteiger partial charge in [0.25, 0.3) is 0 Å². The van der Waals surface area contributed by atoms with E-state index in [1.54, 1.807) is 18.2 Å². The van der Waals surface area contributed by atoms with E-state index in [-0.39, 0.29) is 0 Å². The lowest BCUT2D eigenvalue weighted by Crippen LogP contribution is -2.07. The molecule has 0 fully saturated rings. The Kier molecular flexibility index (Phi) is 5.88. The molecule has 0 aliphatic heterocycles. The van der Waals surface area contributed by atoms with E-state index in [2.05, 4.69) is 0 Å². The second-order valence-electron chi connectivity index (χ2n) is 3.35. The van der Waals surface area contributed by atoms with E-state index in [4.69, 9.17) is 45.9 Å². The Balaban J connectivity index is 2.27. The number of benzene rings is 1. The van der Waals surface area contributed by atoms with Crippen LogP contribution in [0, 0.1) is 0 Å². The van der Waals surface area contributed by atoms with Crippen LogP contribution < -0.4 is 10.5 Å². The quantitative estimate of drug-likeness (QED) is 0.634. The van der Waals surface area contributed by atoms with Gasteiger partial charge in [0.1, 0.15) is 5.75 Å². The summed E-state index contributed by atoms with van der Waals surface area (Å²) in [6, 6.07) is 5.22. The molecule has 2 N–H and O–H groups in total. The fourth-order valence-electron chi connectivity index (χ4n) is 1.16. The minimum Gasteiger partial charge on any atom is -0.494 e. The molecule has 0 saturated carbocycles. The summed E-state index contributed by atoms with van der Waals surface area (Å²) in [6.07, 6.45) is 2.62. The first-order valence-corrected chi connectivity index (χ1v) is 6.12. The fraction of sp³-hybridized carbons (Fsp3) is 0.364. The first-order chi connectivity index (χ1) is 7.59. The van der Waals surface area contributed by atoms with Gasteiger partial charge in [0.2, 0.25) is 0 Å². The van der Waals surface area contributed by atoms with Crippen molar-refractivity contribution < 1.29 is 4.74 Å². The zero-order valence-corrected chi connectivity index (χ0v) is 11.0. The normalized spacial score (nSPS) is 10.1. The zero-order chi connectivity index (χ0) is 12.0. The van der Waals surface area contributed by atoms with Gasteiger partial charge in [-0.05, 0) is 31.4 Å². The lowest BCUT2D eigenvalue weighted by Gasteiger charge is -2.06. The molecule has 0 aromatic heterocycles. The van der Waals surface area contributed by atoms with Crippen LogP contribution in [0.3, 0.4) is 0 Å². The summed E-state index contributed by atoms with van der Waals surface area (Å²) in [5.74, 6) is 0.727. The molecule has 1 rings (SSSR count). The van der Waals surface area contributed by atoms with Gasteiger partial charge in [-0.25, -0.2) is 0 Å². The van der Waals surface area contributed by atoms with Gasteiger partial charge >= 0.3 is 0 Å². The predicted molar refractivity (Wildman–Crippen MR) is 72.6 cm³/mol. The highest BCUT2D eigenvalue weighted by Gasteiger charge is 2.00. The van der Waals surface area contributed by atoms with Crippen molar-refractivity contribution in [2.45, 2.75) is 19.3 Å². The molecule has 1 aromatic rings. The molecule has 16 heavy (non-hydrogen) atoms. The van der Waals surface area contributed by atoms with Crippen molar-refractivity contribution in [3.8, 4) is 5.75 Å². The van der Waals surface area contributed by atoms with Crippen molar-refractivity contribution >= 4 is 40.4 Å². The van der Waals surface area contributed by atoms with Crippen LogP contribution in [-0.2, 0) is 0 Å². The topological polar surface area (TPSA) is 35.2 Å². The van der Waals surface area contributed by atoms with Crippen molar-refractivity contribution in [2.24, 2.45) is 5.73 Å². The zero-order valence-electron chi connectivity index (χ0n) is 8.71. The number of nitrogens with two attached hydrogens (primary N) is 1. The number of ether oxygens (including phenoxy) is 1. The summed E-state index contributed by atoms with van der Waals surface area (Å²) in [7, 11) is 0. The molecule has 0 aliphatic carbocycles. The molecule has 5 heteroatoms. The largest absolute Gasteiger partial charge is 0.494 e. The third-order valence-electron chi connectivity index (χ3n) is 1.98. The van der Waals surface area contributed by atoms with Gasteiger partial charge in [-0.2, -0.15) is 0 Å². The molecule has 0 amide bonds. The molecular weight excluding hydrogens is 265 g/mol. The molecule has 0 unspecified atom stereocenters. The lowest BCUT2D eigenvalue weighted by molar-refractivity contribution is 0.308. The number of rotatable bonds is 6. The monoisotopic (exact) mass is 277 g/mol. The smallest absolute Gasteiger partial charge is 0.120 e. The summed E-state index contributed by atoms with van der Waals surface area (Å²) >= 11 is 16.4. The molecule has 0 aliphatic rings. The number of hydrogen-bond donors (Lipinski definition) is 1. The Morgan fingerprint density at radius 1 is 1.25 bits per heavy atom. The van der Waals surface area contributed by atoms with E-state index >= 15 is 0 Å². The van der Waals surface area contributed by atoms with Crippen LogP contribution in [0.1, 0.15) is 19.3 Å². The summed E-state index contributed by atoms with van der Waals surface area (Å²) in [4.78, 5) is 0.550. The second kappa shape index (κ2) is 6.94. The maximum Gasteiger partial charge on any atom is 0.120 e. The van der Waals surface area contributed by atoms with E-state index in [0.717, 1.165) is 25.0 Å². The number of hydrogen-bond acceptors (Lipinski definition) is 2. The van der Waals surface area contributed by atoms with E-state index in [1.165, 1.54) is 0 Å². The Bertz CT molecular complexity index is 371. The number of unbranched alkanes of at least 4 members (excludes halogenated alkanes) is 1. The number of thiocarbonyl (C=S) groups is 1. The average molecular weight is 278 g/mol. The molecule has 0 saturated heterocycles. The first kappa shape index (κ1) is 13.6. The van der Waals surface area contributed by atoms with Crippen LogP contribution in [0.15, 0.2) is 18.2 Å². The summed E-state index contributed by atoms with van der Waals surface area (Å²) in [5, 5.41) is 1.03. The molecule has 0 spiro atoms. The van der Waals surface area contributed by atoms with Crippen molar-refractivity contribution in [1.82, 2.24) is 0 Å². The summed E-state index contributed by atoms with van der Waals surface area (Å²) in [6.45, 7) is 0.626. The third-order valence-corrected chi connectivity index (χ3v) is 2.92. The van der Waals surface area contributed by atoms with E-state index < -0.39 is 0 Å². The van der Waals surface area contributed by atoms with Crippen LogP contribution in [0.25, 0.3) is 0 Å². The van der Waals surface area contributed by atoms with Crippen LogP contribution in [-0.4, -0.2) is 11.6 Å². The Morgan fingerprint density at radius 2 is 2.00 bits per heavy atom. The highest BCUT2D eigenvalue weighted by Crippen LogP contribution is 2.26. The minimum atomic E-state index is 0.502. The SMILES string of the molecule is NC(=S)CCCCOc1ccc(Cl)c(Cl)c1. The van der Waals surface area contributed by atoms with E-state index in [9.17, 15) is 0 Å². The Labute approximate surface area is 111 Å². The van der Waals surface area contributed by atoms with Gasteiger partial charge < -0.3 is 10.5 Å². The number of halogens is 2. The lowest BCUT2D eigenvalue weighted by atomic mass is 10.2.